The highest BCUT2D eigenvalue weighted by molar-refractivity contribution is 5.99. The maximum absolute atomic E-state index is 13.9. The second-order valence-corrected chi connectivity index (χ2v) is 7.91. The van der Waals surface area contributed by atoms with Crippen molar-refractivity contribution in [1.82, 2.24) is 4.90 Å². The molecule has 0 spiro atoms. The minimum atomic E-state index is -0.713. The Labute approximate surface area is 188 Å². The second-order valence-electron chi connectivity index (χ2n) is 7.91. The first-order valence-electron chi connectivity index (χ1n) is 10.5. The number of methoxy groups -OCH3 is 1. The third-order valence-electron chi connectivity index (χ3n) is 5.94. The average molecular weight is 445 g/mol. The van der Waals surface area contributed by atoms with E-state index in [2.05, 4.69) is 0 Å². The van der Waals surface area contributed by atoms with Crippen LogP contribution in [0.15, 0.2) is 75.9 Å². The Balaban J connectivity index is 1.60. The van der Waals surface area contributed by atoms with Crippen molar-refractivity contribution in [3.05, 3.63) is 105 Å². The monoisotopic (exact) mass is 445 g/mol. The molecule has 1 aliphatic heterocycles. The van der Waals surface area contributed by atoms with E-state index in [0.717, 1.165) is 17.4 Å². The molecular formula is C26H20FNO5. The van der Waals surface area contributed by atoms with Crippen molar-refractivity contribution >= 4 is 16.9 Å². The van der Waals surface area contributed by atoms with Gasteiger partial charge in [0.15, 0.2) is 5.43 Å². The fourth-order valence-corrected chi connectivity index (χ4v) is 4.27. The van der Waals surface area contributed by atoms with E-state index >= 15 is 0 Å². The summed E-state index contributed by atoms with van der Waals surface area (Å²) in [7, 11) is 1.59. The number of fused-ring (bicyclic) bond motifs is 2. The lowest BCUT2D eigenvalue weighted by atomic mass is 9.98. The van der Waals surface area contributed by atoms with Crippen LogP contribution in [-0.4, -0.2) is 29.6 Å². The predicted octanol–water partition coefficient (Wildman–Crippen LogP) is 4.43. The van der Waals surface area contributed by atoms with E-state index in [1.165, 1.54) is 24.3 Å². The summed E-state index contributed by atoms with van der Waals surface area (Å²) in [6, 6.07) is 16.8. The minimum Gasteiger partial charge on any atom is -0.508 e. The van der Waals surface area contributed by atoms with Gasteiger partial charge in [0, 0.05) is 6.54 Å². The van der Waals surface area contributed by atoms with Gasteiger partial charge < -0.3 is 19.2 Å². The van der Waals surface area contributed by atoms with Crippen LogP contribution < -0.4 is 10.2 Å². The van der Waals surface area contributed by atoms with Gasteiger partial charge >= 0.3 is 0 Å². The summed E-state index contributed by atoms with van der Waals surface area (Å²) in [5.41, 5.74) is 1.55. The van der Waals surface area contributed by atoms with E-state index in [1.54, 1.807) is 24.1 Å². The van der Waals surface area contributed by atoms with Crippen LogP contribution >= 0.6 is 0 Å². The highest BCUT2D eigenvalue weighted by atomic mass is 19.1. The summed E-state index contributed by atoms with van der Waals surface area (Å²) in [6.07, 6.45) is 0.542. The van der Waals surface area contributed by atoms with E-state index in [4.69, 9.17) is 9.15 Å². The molecule has 1 amide bonds. The van der Waals surface area contributed by atoms with Crippen molar-refractivity contribution in [3.8, 4) is 11.5 Å². The zero-order chi connectivity index (χ0) is 23.1. The van der Waals surface area contributed by atoms with Crippen LogP contribution in [-0.2, 0) is 6.42 Å². The fourth-order valence-electron chi connectivity index (χ4n) is 4.27. The average Bonchev–Trinajstić information content (AvgIpc) is 3.11. The standard InChI is InChI=1S/C26H20FNO5/c1-32-19-9-2-15(3-10-19)12-13-28-23(16-4-7-18(29)8-5-16)22-24(30)20-14-17(27)6-11-21(20)33-25(22)26(28)31/h2-11,14,23,29H,12-13H2,1H3. The first kappa shape index (κ1) is 20.8. The summed E-state index contributed by atoms with van der Waals surface area (Å²) in [6.45, 7) is 0.324. The molecule has 4 aromatic rings. The molecule has 33 heavy (non-hydrogen) atoms. The third-order valence-corrected chi connectivity index (χ3v) is 5.94. The van der Waals surface area contributed by atoms with Crippen LogP contribution in [0.5, 0.6) is 11.5 Å². The molecule has 7 heteroatoms. The topological polar surface area (TPSA) is 80.0 Å². The summed E-state index contributed by atoms with van der Waals surface area (Å²) in [4.78, 5) is 28.4. The largest absolute Gasteiger partial charge is 0.508 e. The van der Waals surface area contributed by atoms with Gasteiger partial charge in [-0.15, -0.1) is 0 Å². The number of phenols is 1. The highest BCUT2D eigenvalue weighted by Gasteiger charge is 2.42. The Kier molecular flexibility index (Phi) is 5.09. The predicted molar refractivity (Wildman–Crippen MR) is 120 cm³/mol. The lowest BCUT2D eigenvalue weighted by Gasteiger charge is -2.25. The normalized spacial score (nSPS) is 15.2. The van der Waals surface area contributed by atoms with Crippen molar-refractivity contribution in [1.29, 1.82) is 0 Å². The first-order valence-corrected chi connectivity index (χ1v) is 10.5. The van der Waals surface area contributed by atoms with E-state index in [0.29, 0.717) is 18.5 Å². The smallest absolute Gasteiger partial charge is 0.290 e. The van der Waals surface area contributed by atoms with E-state index < -0.39 is 23.2 Å². The molecule has 0 radical (unpaired) electrons. The van der Waals surface area contributed by atoms with Gasteiger partial charge in [-0.05, 0) is 60.0 Å². The molecule has 6 nitrogen and oxygen atoms in total. The molecule has 0 saturated heterocycles. The van der Waals surface area contributed by atoms with Crippen LogP contribution in [0.1, 0.15) is 33.3 Å². The molecule has 1 N–H and O–H groups in total. The van der Waals surface area contributed by atoms with Crippen LogP contribution in [0.3, 0.4) is 0 Å². The van der Waals surface area contributed by atoms with Gasteiger partial charge in [0.2, 0.25) is 5.76 Å². The maximum Gasteiger partial charge on any atom is 0.290 e. The fraction of sp³-hybridized carbons (Fsp3) is 0.154. The Hall–Kier alpha value is -4.13. The Bertz CT molecular complexity index is 1410. The minimum absolute atomic E-state index is 0.0353. The molecule has 0 fully saturated rings. The maximum atomic E-state index is 13.9. The number of ether oxygens (including phenoxy) is 1. The Morgan fingerprint density at radius 2 is 1.76 bits per heavy atom. The van der Waals surface area contributed by atoms with Crippen LogP contribution in [0.4, 0.5) is 4.39 Å². The number of rotatable bonds is 5. The Morgan fingerprint density at radius 3 is 2.45 bits per heavy atom. The molecule has 1 aliphatic rings. The van der Waals surface area contributed by atoms with Crippen molar-refractivity contribution in [2.45, 2.75) is 12.5 Å². The number of aromatic hydroxyl groups is 1. The van der Waals surface area contributed by atoms with Crippen molar-refractivity contribution in [2.75, 3.05) is 13.7 Å². The SMILES string of the molecule is COc1ccc(CCN2C(=O)c3oc4ccc(F)cc4c(=O)c3C2c2ccc(O)cc2)cc1. The van der Waals surface area contributed by atoms with E-state index in [1.807, 2.05) is 24.3 Å². The third kappa shape index (κ3) is 3.61. The summed E-state index contributed by atoms with van der Waals surface area (Å²) < 4.78 is 24.9. The van der Waals surface area contributed by atoms with Gasteiger partial charge in [-0.2, -0.15) is 0 Å². The number of halogens is 1. The molecule has 1 atom stereocenters. The van der Waals surface area contributed by atoms with Gasteiger partial charge in [0.1, 0.15) is 22.9 Å². The van der Waals surface area contributed by atoms with Gasteiger partial charge in [-0.25, -0.2) is 4.39 Å². The zero-order valence-corrected chi connectivity index (χ0v) is 17.7. The molecular weight excluding hydrogens is 425 g/mol. The van der Waals surface area contributed by atoms with Gasteiger partial charge in [0.05, 0.1) is 24.1 Å². The lowest BCUT2D eigenvalue weighted by molar-refractivity contribution is 0.0730. The van der Waals surface area contributed by atoms with Crippen molar-refractivity contribution in [2.24, 2.45) is 0 Å². The second kappa shape index (κ2) is 8.09. The zero-order valence-electron chi connectivity index (χ0n) is 17.7. The van der Waals surface area contributed by atoms with Gasteiger partial charge in [0.25, 0.3) is 5.91 Å². The molecule has 1 unspecified atom stereocenters. The number of phenolic OH excluding ortho intramolecular Hbond substituents is 1. The molecule has 166 valence electrons. The number of amides is 1. The molecule has 3 aromatic carbocycles. The van der Waals surface area contributed by atoms with Crippen LogP contribution in [0.2, 0.25) is 0 Å². The van der Waals surface area contributed by atoms with Gasteiger partial charge in [-0.1, -0.05) is 24.3 Å². The summed E-state index contributed by atoms with van der Waals surface area (Å²) in [5, 5.41) is 9.81. The summed E-state index contributed by atoms with van der Waals surface area (Å²) >= 11 is 0. The number of benzene rings is 3. The van der Waals surface area contributed by atoms with Gasteiger partial charge in [-0.3, -0.25) is 9.59 Å². The van der Waals surface area contributed by atoms with Crippen LogP contribution in [0, 0.1) is 5.82 Å². The van der Waals surface area contributed by atoms with Crippen molar-refractivity contribution in [3.63, 3.8) is 0 Å². The molecule has 2 heterocycles. The quantitative estimate of drug-likeness (QED) is 0.492. The lowest BCUT2D eigenvalue weighted by Crippen LogP contribution is -2.31. The van der Waals surface area contributed by atoms with E-state index in [9.17, 15) is 19.1 Å². The van der Waals surface area contributed by atoms with Crippen molar-refractivity contribution < 1.29 is 23.4 Å². The van der Waals surface area contributed by atoms with Crippen LogP contribution in [0.25, 0.3) is 11.0 Å². The molecule has 1 aromatic heterocycles. The number of nitrogens with zero attached hydrogens (tertiary/aromatic N) is 1. The number of carbonyl (C=O) groups excluding carboxylic acids is 1. The number of hydrogen-bond donors (Lipinski definition) is 1. The molecule has 5 rings (SSSR count). The molecule has 0 bridgehead atoms. The number of carbonyl (C=O) groups is 1. The highest BCUT2D eigenvalue weighted by Crippen LogP contribution is 2.38. The first-order chi connectivity index (χ1) is 16.0. The Morgan fingerprint density at radius 1 is 1.03 bits per heavy atom. The molecule has 0 aliphatic carbocycles. The van der Waals surface area contributed by atoms with E-state index in [-0.39, 0.29) is 28.0 Å². The molecule has 0 saturated carbocycles. The summed E-state index contributed by atoms with van der Waals surface area (Å²) in [5.74, 6) is -0.191. The number of hydrogen-bond acceptors (Lipinski definition) is 5.